The Morgan fingerprint density at radius 1 is 1.53 bits per heavy atom. The Morgan fingerprint density at radius 2 is 2.47 bits per heavy atom. The highest BCUT2D eigenvalue weighted by molar-refractivity contribution is 7.09. The van der Waals surface area contributed by atoms with Gasteiger partial charge in [0.15, 0.2) is 0 Å². The van der Waals surface area contributed by atoms with Crippen molar-refractivity contribution in [2.75, 3.05) is 11.9 Å². The van der Waals surface area contributed by atoms with E-state index in [4.69, 9.17) is 0 Å². The Hall–Kier alpha value is -0.640. The van der Waals surface area contributed by atoms with Gasteiger partial charge in [0.05, 0.1) is 0 Å². The van der Waals surface area contributed by atoms with Crippen LogP contribution in [0.4, 0.5) is 5.13 Å². The van der Waals surface area contributed by atoms with Gasteiger partial charge >= 0.3 is 0 Å². The summed E-state index contributed by atoms with van der Waals surface area (Å²) in [6.45, 7) is 3.43. The predicted octanol–water partition coefficient (Wildman–Crippen LogP) is 3.17. The van der Waals surface area contributed by atoms with Crippen LogP contribution in [0.5, 0.6) is 0 Å². The molecule has 0 spiro atoms. The molecule has 2 rings (SSSR count). The van der Waals surface area contributed by atoms with E-state index >= 15 is 0 Å². The maximum Gasteiger partial charge on any atom is 0.202 e. The minimum absolute atomic E-state index is 0.925. The van der Waals surface area contributed by atoms with E-state index in [9.17, 15) is 0 Å². The molecule has 84 valence electrons. The second-order valence-corrected chi connectivity index (χ2v) is 5.38. The van der Waals surface area contributed by atoms with Crippen molar-refractivity contribution in [3.05, 3.63) is 6.33 Å². The third kappa shape index (κ3) is 3.45. The van der Waals surface area contributed by atoms with Crippen molar-refractivity contribution in [3.63, 3.8) is 0 Å². The maximum atomic E-state index is 4.11. The van der Waals surface area contributed by atoms with Crippen molar-refractivity contribution in [3.8, 4) is 0 Å². The van der Waals surface area contributed by atoms with Gasteiger partial charge in [-0.3, -0.25) is 0 Å². The zero-order valence-corrected chi connectivity index (χ0v) is 10.1. The molecule has 2 atom stereocenters. The fourth-order valence-corrected chi connectivity index (χ4v) is 2.91. The predicted molar refractivity (Wildman–Crippen MR) is 64.1 cm³/mol. The lowest BCUT2D eigenvalue weighted by atomic mass is 9.81. The lowest BCUT2D eigenvalue weighted by molar-refractivity contribution is 0.274. The number of nitrogens with zero attached hydrogens (tertiary/aromatic N) is 2. The van der Waals surface area contributed by atoms with E-state index in [1.54, 1.807) is 6.33 Å². The summed E-state index contributed by atoms with van der Waals surface area (Å²) in [5.74, 6) is 1.86. The van der Waals surface area contributed by atoms with Crippen LogP contribution in [-0.2, 0) is 0 Å². The summed E-state index contributed by atoms with van der Waals surface area (Å²) >= 11 is 1.44. The summed E-state index contributed by atoms with van der Waals surface area (Å²) in [6, 6.07) is 0. The molecule has 3 nitrogen and oxygen atoms in total. The van der Waals surface area contributed by atoms with Crippen LogP contribution in [-0.4, -0.2) is 15.9 Å². The molecule has 1 fully saturated rings. The van der Waals surface area contributed by atoms with Gasteiger partial charge in [-0.2, -0.15) is 4.37 Å². The van der Waals surface area contributed by atoms with Crippen molar-refractivity contribution >= 4 is 16.7 Å². The van der Waals surface area contributed by atoms with Gasteiger partial charge in [0.2, 0.25) is 5.13 Å². The molecule has 0 amide bonds. The average Bonchev–Trinajstić information content (AvgIpc) is 2.71. The summed E-state index contributed by atoms with van der Waals surface area (Å²) in [7, 11) is 0. The third-order valence-corrected chi connectivity index (χ3v) is 3.86. The fourth-order valence-electron chi connectivity index (χ4n) is 2.46. The van der Waals surface area contributed by atoms with Gasteiger partial charge < -0.3 is 5.32 Å². The number of hydrogen-bond acceptors (Lipinski definition) is 4. The van der Waals surface area contributed by atoms with Crippen molar-refractivity contribution in [2.24, 2.45) is 11.8 Å². The molecule has 1 aromatic heterocycles. The minimum Gasteiger partial charge on any atom is -0.360 e. The molecule has 1 aromatic rings. The van der Waals surface area contributed by atoms with Crippen LogP contribution in [0.15, 0.2) is 6.33 Å². The second kappa shape index (κ2) is 5.45. The number of hydrogen-bond donors (Lipinski definition) is 1. The summed E-state index contributed by atoms with van der Waals surface area (Å²) in [4.78, 5) is 4.11. The largest absolute Gasteiger partial charge is 0.360 e. The standard InChI is InChI=1S/C11H19N3S/c1-9-3-2-4-10(7-9)5-6-12-11-13-8-14-15-11/h8-10H,2-7H2,1H3,(H,12,13,14). The molecule has 1 aliphatic rings. The quantitative estimate of drug-likeness (QED) is 0.855. The summed E-state index contributed by atoms with van der Waals surface area (Å²) in [5.41, 5.74) is 0. The van der Waals surface area contributed by atoms with Gasteiger partial charge in [0.1, 0.15) is 6.33 Å². The second-order valence-electron chi connectivity index (χ2n) is 4.60. The summed E-state index contributed by atoms with van der Waals surface area (Å²) in [6.07, 6.45) is 8.57. The maximum absolute atomic E-state index is 4.11. The molecular formula is C11H19N3S. The van der Waals surface area contributed by atoms with Crippen LogP contribution in [0.2, 0.25) is 0 Å². The first-order valence-electron chi connectivity index (χ1n) is 5.85. The normalized spacial score (nSPS) is 26.5. The first-order valence-corrected chi connectivity index (χ1v) is 6.62. The van der Waals surface area contributed by atoms with E-state index in [0.29, 0.717) is 0 Å². The Balaban J connectivity index is 1.65. The number of nitrogens with one attached hydrogen (secondary N) is 1. The van der Waals surface area contributed by atoms with Crippen molar-refractivity contribution in [1.82, 2.24) is 9.36 Å². The molecule has 2 unspecified atom stereocenters. The van der Waals surface area contributed by atoms with Gasteiger partial charge in [0, 0.05) is 18.1 Å². The first kappa shape index (κ1) is 10.9. The zero-order valence-electron chi connectivity index (χ0n) is 9.28. The van der Waals surface area contributed by atoms with Crippen LogP contribution in [0, 0.1) is 11.8 Å². The van der Waals surface area contributed by atoms with Crippen LogP contribution in [0.3, 0.4) is 0 Å². The third-order valence-electron chi connectivity index (χ3n) is 3.24. The van der Waals surface area contributed by atoms with Crippen LogP contribution < -0.4 is 5.32 Å². The zero-order chi connectivity index (χ0) is 10.5. The van der Waals surface area contributed by atoms with Crippen molar-refractivity contribution in [1.29, 1.82) is 0 Å². The molecule has 0 radical (unpaired) electrons. The fraction of sp³-hybridized carbons (Fsp3) is 0.818. The van der Waals surface area contributed by atoms with E-state index < -0.39 is 0 Å². The van der Waals surface area contributed by atoms with E-state index in [2.05, 4.69) is 21.6 Å². The van der Waals surface area contributed by atoms with Crippen molar-refractivity contribution < 1.29 is 0 Å². The topological polar surface area (TPSA) is 37.8 Å². The first-order chi connectivity index (χ1) is 7.34. The lowest BCUT2D eigenvalue weighted by Crippen LogP contribution is -2.16. The highest BCUT2D eigenvalue weighted by atomic mass is 32.1. The van der Waals surface area contributed by atoms with Gasteiger partial charge in [-0.1, -0.05) is 26.2 Å². The van der Waals surface area contributed by atoms with Crippen LogP contribution >= 0.6 is 11.5 Å². The molecule has 15 heavy (non-hydrogen) atoms. The SMILES string of the molecule is CC1CCCC(CCNc2ncns2)C1. The minimum atomic E-state index is 0.925. The molecule has 4 heteroatoms. The summed E-state index contributed by atoms with van der Waals surface area (Å²) in [5, 5.41) is 4.29. The Labute approximate surface area is 95.5 Å². The molecule has 0 saturated heterocycles. The van der Waals surface area contributed by atoms with Gasteiger partial charge in [-0.15, -0.1) is 0 Å². The van der Waals surface area contributed by atoms with Gasteiger partial charge in [-0.25, -0.2) is 4.98 Å². The lowest BCUT2D eigenvalue weighted by Gasteiger charge is -2.26. The molecule has 0 aliphatic heterocycles. The summed E-state index contributed by atoms with van der Waals surface area (Å²) < 4.78 is 3.97. The molecule has 1 heterocycles. The molecular weight excluding hydrogens is 206 g/mol. The average molecular weight is 225 g/mol. The molecule has 1 aliphatic carbocycles. The van der Waals surface area contributed by atoms with Gasteiger partial charge in [-0.05, 0) is 24.7 Å². The Bertz CT molecular complexity index is 273. The smallest absolute Gasteiger partial charge is 0.202 e. The highest BCUT2D eigenvalue weighted by Crippen LogP contribution is 2.30. The van der Waals surface area contributed by atoms with E-state index in [0.717, 1.165) is 23.5 Å². The van der Waals surface area contributed by atoms with E-state index in [1.165, 1.54) is 43.6 Å². The molecule has 1 N–H and O–H groups in total. The highest BCUT2D eigenvalue weighted by Gasteiger charge is 2.18. The van der Waals surface area contributed by atoms with E-state index in [-0.39, 0.29) is 0 Å². The number of rotatable bonds is 4. The number of aromatic nitrogens is 2. The number of anilines is 1. The van der Waals surface area contributed by atoms with Gasteiger partial charge in [0.25, 0.3) is 0 Å². The Kier molecular flexibility index (Phi) is 3.94. The monoisotopic (exact) mass is 225 g/mol. The van der Waals surface area contributed by atoms with Crippen molar-refractivity contribution in [2.45, 2.75) is 39.0 Å². The van der Waals surface area contributed by atoms with E-state index in [1.807, 2.05) is 0 Å². The van der Waals surface area contributed by atoms with Crippen LogP contribution in [0.1, 0.15) is 39.0 Å². The molecule has 0 aromatic carbocycles. The Morgan fingerprint density at radius 3 is 3.20 bits per heavy atom. The van der Waals surface area contributed by atoms with Crippen LogP contribution in [0.25, 0.3) is 0 Å². The molecule has 1 saturated carbocycles. The molecule has 0 bridgehead atoms.